The van der Waals surface area contributed by atoms with E-state index < -0.39 is 5.60 Å². The molecule has 4 nitrogen and oxygen atoms in total. The molecule has 2 N–H and O–H groups in total. The number of alkyl carbamates (subject to hydrolysis) is 1. The van der Waals surface area contributed by atoms with E-state index in [1.807, 2.05) is 20.8 Å². The molecule has 0 spiro atoms. The van der Waals surface area contributed by atoms with Crippen molar-refractivity contribution in [3.63, 3.8) is 0 Å². The van der Waals surface area contributed by atoms with Crippen molar-refractivity contribution < 1.29 is 9.53 Å². The summed E-state index contributed by atoms with van der Waals surface area (Å²) in [4.78, 5) is 11.8. The lowest BCUT2D eigenvalue weighted by atomic mass is 9.97. The molecule has 4 heteroatoms. The summed E-state index contributed by atoms with van der Waals surface area (Å²) in [5, 5.41) is 6.72. The van der Waals surface area contributed by atoms with Gasteiger partial charge >= 0.3 is 6.09 Å². The first-order chi connectivity index (χ1) is 10.9. The van der Waals surface area contributed by atoms with Gasteiger partial charge in [0.25, 0.3) is 0 Å². The van der Waals surface area contributed by atoms with Gasteiger partial charge in [-0.15, -0.1) is 0 Å². The smallest absolute Gasteiger partial charge is 0.407 e. The van der Waals surface area contributed by atoms with Gasteiger partial charge in [0.1, 0.15) is 5.60 Å². The predicted molar refractivity (Wildman–Crippen MR) is 96.7 cm³/mol. The first kappa shape index (κ1) is 20.3. The molecule has 1 aliphatic rings. The molecule has 0 aromatic carbocycles. The minimum absolute atomic E-state index is 0.294. The van der Waals surface area contributed by atoms with E-state index in [1.54, 1.807) is 0 Å². The molecule has 0 heterocycles. The van der Waals surface area contributed by atoms with Gasteiger partial charge in [0.05, 0.1) is 0 Å². The Labute approximate surface area is 143 Å². The highest BCUT2D eigenvalue weighted by atomic mass is 16.6. The molecule has 23 heavy (non-hydrogen) atoms. The Kier molecular flexibility index (Phi) is 8.96. The summed E-state index contributed by atoms with van der Waals surface area (Å²) in [6.45, 7) is 12.1. The van der Waals surface area contributed by atoms with Crippen molar-refractivity contribution in [1.82, 2.24) is 10.6 Å². The number of nitrogens with one attached hydrogen (secondary N) is 2. The highest BCUT2D eigenvalue weighted by Gasteiger charge is 2.28. The van der Waals surface area contributed by atoms with E-state index in [2.05, 4.69) is 24.5 Å². The lowest BCUT2D eigenvalue weighted by Gasteiger charge is -2.25. The van der Waals surface area contributed by atoms with Crippen molar-refractivity contribution in [2.45, 2.75) is 91.2 Å². The van der Waals surface area contributed by atoms with Crippen molar-refractivity contribution in [3.8, 4) is 0 Å². The number of rotatable bonds is 9. The summed E-state index contributed by atoms with van der Waals surface area (Å²) in [6.07, 6.45) is 8.57. The van der Waals surface area contributed by atoms with Crippen molar-refractivity contribution in [2.75, 3.05) is 13.1 Å². The Morgan fingerprint density at radius 1 is 1.26 bits per heavy atom. The zero-order valence-electron chi connectivity index (χ0n) is 15.9. The molecule has 0 aromatic rings. The van der Waals surface area contributed by atoms with Crippen LogP contribution < -0.4 is 10.6 Å². The number of carbonyl (C=O) groups excluding carboxylic acids is 1. The molecule has 136 valence electrons. The van der Waals surface area contributed by atoms with Crippen molar-refractivity contribution in [1.29, 1.82) is 0 Å². The van der Waals surface area contributed by atoms with Crippen molar-refractivity contribution >= 4 is 6.09 Å². The molecule has 1 amide bonds. The molecule has 0 aromatic heterocycles. The third kappa shape index (κ3) is 8.59. The number of carbonyl (C=O) groups is 1. The lowest BCUT2D eigenvalue weighted by molar-refractivity contribution is 0.0517. The van der Waals surface area contributed by atoms with Crippen LogP contribution >= 0.6 is 0 Å². The Morgan fingerprint density at radius 2 is 2.00 bits per heavy atom. The van der Waals surface area contributed by atoms with Crippen molar-refractivity contribution in [3.05, 3.63) is 0 Å². The van der Waals surface area contributed by atoms with Gasteiger partial charge in [0, 0.05) is 12.6 Å². The molecule has 3 atom stereocenters. The maximum Gasteiger partial charge on any atom is 0.407 e. The zero-order chi connectivity index (χ0) is 17.3. The number of hydrogen-bond acceptors (Lipinski definition) is 3. The first-order valence-electron chi connectivity index (χ1n) is 9.56. The van der Waals surface area contributed by atoms with E-state index in [0.717, 1.165) is 19.0 Å². The summed E-state index contributed by atoms with van der Waals surface area (Å²) >= 11 is 0. The fraction of sp³-hybridized carbons (Fsp3) is 0.947. The summed E-state index contributed by atoms with van der Waals surface area (Å²) in [5.41, 5.74) is -0.426. The molecule has 1 saturated carbocycles. The fourth-order valence-corrected chi connectivity index (χ4v) is 3.34. The van der Waals surface area contributed by atoms with E-state index in [-0.39, 0.29) is 6.09 Å². The predicted octanol–water partition coefficient (Wildman–Crippen LogP) is 4.49. The molecule has 3 unspecified atom stereocenters. The van der Waals surface area contributed by atoms with Gasteiger partial charge in [-0.3, -0.25) is 0 Å². The minimum atomic E-state index is -0.426. The number of amides is 1. The van der Waals surface area contributed by atoms with Gasteiger partial charge in [-0.05, 0) is 58.4 Å². The Morgan fingerprint density at radius 3 is 2.61 bits per heavy atom. The van der Waals surface area contributed by atoms with E-state index in [4.69, 9.17) is 4.74 Å². The van der Waals surface area contributed by atoms with Crippen LogP contribution in [0.15, 0.2) is 0 Å². The third-order valence-corrected chi connectivity index (χ3v) is 4.78. The topological polar surface area (TPSA) is 50.4 Å². The van der Waals surface area contributed by atoms with Crippen LogP contribution in [0.5, 0.6) is 0 Å². The van der Waals surface area contributed by atoms with Crippen LogP contribution in [0.4, 0.5) is 4.79 Å². The molecular formula is C19H38N2O2. The standard InChI is InChI=1S/C19H38N2O2/c1-6-8-10-15(7-2)13-20-17-12-9-11-16(17)14-21-18(22)23-19(3,4)5/h15-17,20H,6-14H2,1-5H3,(H,21,22). The van der Waals surface area contributed by atoms with Gasteiger partial charge in [-0.25, -0.2) is 4.79 Å². The molecule has 0 aliphatic heterocycles. The van der Waals surface area contributed by atoms with Gasteiger partial charge in [-0.1, -0.05) is 39.5 Å². The highest BCUT2D eigenvalue weighted by molar-refractivity contribution is 5.67. The van der Waals surface area contributed by atoms with E-state index in [1.165, 1.54) is 44.9 Å². The number of unbranched alkanes of at least 4 members (excludes halogenated alkanes) is 1. The highest BCUT2D eigenvalue weighted by Crippen LogP contribution is 2.26. The monoisotopic (exact) mass is 326 g/mol. The van der Waals surface area contributed by atoms with Crippen LogP contribution in [0, 0.1) is 11.8 Å². The first-order valence-corrected chi connectivity index (χ1v) is 9.56. The molecular weight excluding hydrogens is 288 g/mol. The average molecular weight is 327 g/mol. The molecule has 1 rings (SSSR count). The third-order valence-electron chi connectivity index (χ3n) is 4.78. The van der Waals surface area contributed by atoms with E-state index in [0.29, 0.717) is 12.0 Å². The lowest BCUT2D eigenvalue weighted by Crippen LogP contribution is -2.42. The average Bonchev–Trinajstić information content (AvgIpc) is 2.91. The minimum Gasteiger partial charge on any atom is -0.444 e. The van der Waals surface area contributed by atoms with Gasteiger partial charge in [-0.2, -0.15) is 0 Å². The second-order valence-corrected chi connectivity index (χ2v) is 8.01. The summed E-state index contributed by atoms with van der Waals surface area (Å²) in [5.74, 6) is 1.32. The quantitative estimate of drug-likeness (QED) is 0.656. The molecule has 0 saturated heterocycles. The van der Waals surface area contributed by atoms with Crippen LogP contribution in [0.2, 0.25) is 0 Å². The normalized spacial score (nSPS) is 22.8. The summed E-state index contributed by atoms with van der Waals surface area (Å²) in [6, 6.07) is 0.542. The molecule has 1 aliphatic carbocycles. The van der Waals surface area contributed by atoms with Gasteiger partial charge in [0.2, 0.25) is 0 Å². The largest absolute Gasteiger partial charge is 0.444 e. The number of hydrogen-bond donors (Lipinski definition) is 2. The fourth-order valence-electron chi connectivity index (χ4n) is 3.34. The number of ether oxygens (including phenoxy) is 1. The zero-order valence-corrected chi connectivity index (χ0v) is 15.9. The maximum atomic E-state index is 11.8. The Hall–Kier alpha value is -0.770. The summed E-state index contributed by atoms with van der Waals surface area (Å²) in [7, 11) is 0. The van der Waals surface area contributed by atoms with Gasteiger partial charge < -0.3 is 15.4 Å². The van der Waals surface area contributed by atoms with Crippen LogP contribution in [0.3, 0.4) is 0 Å². The van der Waals surface area contributed by atoms with E-state index in [9.17, 15) is 4.79 Å². The summed E-state index contributed by atoms with van der Waals surface area (Å²) < 4.78 is 5.32. The van der Waals surface area contributed by atoms with Crippen LogP contribution in [0.25, 0.3) is 0 Å². The second kappa shape index (κ2) is 10.2. The Balaban J connectivity index is 2.31. The van der Waals surface area contributed by atoms with Crippen LogP contribution in [0.1, 0.15) is 79.6 Å². The Bertz CT molecular complexity index is 339. The van der Waals surface area contributed by atoms with Crippen LogP contribution in [-0.2, 0) is 4.74 Å². The van der Waals surface area contributed by atoms with Gasteiger partial charge in [0.15, 0.2) is 0 Å². The van der Waals surface area contributed by atoms with Crippen molar-refractivity contribution in [2.24, 2.45) is 11.8 Å². The maximum absolute atomic E-state index is 11.8. The SMILES string of the molecule is CCCCC(CC)CNC1CCCC1CNC(=O)OC(C)(C)C. The molecule has 0 radical (unpaired) electrons. The molecule has 1 fully saturated rings. The second-order valence-electron chi connectivity index (χ2n) is 8.01. The van der Waals surface area contributed by atoms with Crippen LogP contribution in [-0.4, -0.2) is 30.8 Å². The van der Waals surface area contributed by atoms with E-state index >= 15 is 0 Å². The molecule has 0 bridgehead atoms.